The number of hydrogen-bond donors (Lipinski definition) is 2. The topological polar surface area (TPSA) is 72.9 Å². The summed E-state index contributed by atoms with van der Waals surface area (Å²) in [6.07, 6.45) is 4.26. The second-order valence-electron chi connectivity index (χ2n) is 4.99. The van der Waals surface area contributed by atoms with Crippen molar-refractivity contribution in [2.45, 2.75) is 27.3 Å². The van der Waals surface area contributed by atoms with Crippen LogP contribution in [0.2, 0.25) is 0 Å². The second-order valence-corrected chi connectivity index (χ2v) is 4.99. The molecule has 1 aromatic rings. The Hall–Kier alpha value is -1.36. The van der Waals surface area contributed by atoms with E-state index in [4.69, 9.17) is 5.73 Å². The third kappa shape index (κ3) is 4.02. The SMILES string of the molecule is CC(C)(C)CNCCn1c[c]nc1C(N)=O. The maximum Gasteiger partial charge on any atom is 0.284 e. The summed E-state index contributed by atoms with van der Waals surface area (Å²) >= 11 is 0. The predicted molar refractivity (Wildman–Crippen MR) is 61.9 cm³/mol. The van der Waals surface area contributed by atoms with Crippen molar-refractivity contribution in [3.05, 3.63) is 18.2 Å². The molecule has 0 aliphatic heterocycles. The molecule has 0 bridgehead atoms. The van der Waals surface area contributed by atoms with Crippen LogP contribution in [0.3, 0.4) is 0 Å². The highest BCUT2D eigenvalue weighted by atomic mass is 16.1. The fourth-order valence-corrected chi connectivity index (χ4v) is 1.32. The maximum atomic E-state index is 11.0. The van der Waals surface area contributed by atoms with Crippen LogP contribution in [-0.4, -0.2) is 28.5 Å². The van der Waals surface area contributed by atoms with Gasteiger partial charge in [-0.2, -0.15) is 0 Å². The van der Waals surface area contributed by atoms with Gasteiger partial charge >= 0.3 is 0 Å². The van der Waals surface area contributed by atoms with Crippen LogP contribution in [-0.2, 0) is 6.54 Å². The van der Waals surface area contributed by atoms with E-state index in [1.165, 1.54) is 0 Å². The van der Waals surface area contributed by atoms with Crippen molar-refractivity contribution in [2.75, 3.05) is 13.1 Å². The van der Waals surface area contributed by atoms with Crippen molar-refractivity contribution < 1.29 is 4.79 Å². The van der Waals surface area contributed by atoms with Crippen LogP contribution >= 0.6 is 0 Å². The normalized spacial score (nSPS) is 11.7. The molecule has 0 aromatic carbocycles. The Morgan fingerprint density at radius 1 is 1.62 bits per heavy atom. The third-order valence-corrected chi connectivity index (χ3v) is 2.06. The quantitative estimate of drug-likeness (QED) is 0.710. The summed E-state index contributed by atoms with van der Waals surface area (Å²) < 4.78 is 1.71. The number of hydrogen-bond acceptors (Lipinski definition) is 3. The van der Waals surface area contributed by atoms with Crippen molar-refractivity contribution in [1.82, 2.24) is 14.9 Å². The lowest BCUT2D eigenvalue weighted by atomic mass is 9.97. The highest BCUT2D eigenvalue weighted by Crippen LogP contribution is 2.09. The van der Waals surface area contributed by atoms with E-state index >= 15 is 0 Å². The largest absolute Gasteiger partial charge is 0.363 e. The number of nitrogens with two attached hydrogens (primary N) is 1. The van der Waals surface area contributed by atoms with Gasteiger partial charge in [0.2, 0.25) is 0 Å². The van der Waals surface area contributed by atoms with E-state index in [9.17, 15) is 4.79 Å². The summed E-state index contributed by atoms with van der Waals surface area (Å²) in [5, 5.41) is 3.32. The first kappa shape index (κ1) is 12.7. The number of carbonyl (C=O) groups excluding carboxylic acids is 1. The van der Waals surface area contributed by atoms with Gasteiger partial charge in [-0.1, -0.05) is 20.8 Å². The molecule has 89 valence electrons. The molecule has 0 atom stereocenters. The lowest BCUT2D eigenvalue weighted by Crippen LogP contribution is -2.30. The second kappa shape index (κ2) is 5.12. The Morgan fingerprint density at radius 3 is 2.88 bits per heavy atom. The lowest BCUT2D eigenvalue weighted by molar-refractivity contribution is 0.0986. The first-order valence-electron chi connectivity index (χ1n) is 5.34. The highest BCUT2D eigenvalue weighted by Gasteiger charge is 2.10. The zero-order chi connectivity index (χ0) is 12.2. The maximum absolute atomic E-state index is 11.0. The van der Waals surface area contributed by atoms with Crippen LogP contribution in [0.25, 0.3) is 0 Å². The minimum Gasteiger partial charge on any atom is -0.363 e. The minimum absolute atomic E-state index is 0.258. The summed E-state index contributed by atoms with van der Waals surface area (Å²) in [6, 6.07) is 0. The molecule has 1 heterocycles. The van der Waals surface area contributed by atoms with E-state index in [1.54, 1.807) is 10.8 Å². The highest BCUT2D eigenvalue weighted by molar-refractivity contribution is 5.89. The molecule has 0 aliphatic carbocycles. The first-order chi connectivity index (χ1) is 7.40. The summed E-state index contributed by atoms with van der Waals surface area (Å²) in [5.74, 6) is -0.255. The smallest absolute Gasteiger partial charge is 0.284 e. The molecule has 0 saturated carbocycles. The van der Waals surface area contributed by atoms with Crippen LogP contribution in [0.4, 0.5) is 0 Å². The molecule has 16 heavy (non-hydrogen) atoms. The van der Waals surface area contributed by atoms with Gasteiger partial charge in [0.25, 0.3) is 5.91 Å². The summed E-state index contributed by atoms with van der Waals surface area (Å²) in [5.41, 5.74) is 5.43. The Balaban J connectivity index is 2.38. The van der Waals surface area contributed by atoms with Gasteiger partial charge in [-0.05, 0) is 5.41 Å². The van der Waals surface area contributed by atoms with Gasteiger partial charge in [-0.3, -0.25) is 4.79 Å². The van der Waals surface area contributed by atoms with Gasteiger partial charge in [0.05, 0.1) is 0 Å². The number of imidazole rings is 1. The van der Waals surface area contributed by atoms with Crippen molar-refractivity contribution in [3.63, 3.8) is 0 Å². The number of nitrogens with zero attached hydrogens (tertiary/aromatic N) is 2. The van der Waals surface area contributed by atoms with Crippen LogP contribution in [0.15, 0.2) is 6.20 Å². The van der Waals surface area contributed by atoms with Gasteiger partial charge in [-0.15, -0.1) is 0 Å². The molecule has 0 aliphatic rings. The molecule has 5 nitrogen and oxygen atoms in total. The van der Waals surface area contributed by atoms with E-state index < -0.39 is 5.91 Å². The Morgan fingerprint density at radius 2 is 2.31 bits per heavy atom. The molecule has 0 fully saturated rings. The van der Waals surface area contributed by atoms with Crippen LogP contribution < -0.4 is 11.1 Å². The van der Waals surface area contributed by atoms with E-state index in [-0.39, 0.29) is 11.2 Å². The average Bonchev–Trinajstić information content (AvgIpc) is 2.58. The van der Waals surface area contributed by atoms with Crippen molar-refractivity contribution in [1.29, 1.82) is 0 Å². The Labute approximate surface area is 96.0 Å². The van der Waals surface area contributed by atoms with E-state index in [0.29, 0.717) is 6.54 Å². The first-order valence-corrected chi connectivity index (χ1v) is 5.34. The van der Waals surface area contributed by atoms with Crippen molar-refractivity contribution >= 4 is 5.91 Å². The number of rotatable bonds is 5. The van der Waals surface area contributed by atoms with Gasteiger partial charge < -0.3 is 15.6 Å². The van der Waals surface area contributed by atoms with Crippen LogP contribution in [0.5, 0.6) is 0 Å². The molecule has 1 amide bonds. The molecular formula is C11H19N4O. The molecular weight excluding hydrogens is 204 g/mol. The number of aromatic nitrogens is 2. The molecule has 1 aromatic heterocycles. The molecule has 1 rings (SSSR count). The van der Waals surface area contributed by atoms with Crippen molar-refractivity contribution in [3.8, 4) is 0 Å². The molecule has 0 unspecified atom stereocenters. The minimum atomic E-state index is -0.517. The van der Waals surface area contributed by atoms with Crippen LogP contribution in [0, 0.1) is 11.6 Å². The third-order valence-electron chi connectivity index (χ3n) is 2.06. The zero-order valence-electron chi connectivity index (χ0n) is 10.1. The fourth-order valence-electron chi connectivity index (χ4n) is 1.32. The number of primary amides is 1. The van der Waals surface area contributed by atoms with Gasteiger partial charge in [-0.25, -0.2) is 4.98 Å². The molecule has 5 heteroatoms. The molecule has 3 N–H and O–H groups in total. The molecule has 0 saturated heterocycles. The number of amides is 1. The zero-order valence-corrected chi connectivity index (χ0v) is 10.1. The van der Waals surface area contributed by atoms with E-state index in [0.717, 1.165) is 13.1 Å². The fraction of sp³-hybridized carbons (Fsp3) is 0.636. The predicted octanol–water partition coefficient (Wildman–Crippen LogP) is 0.418. The van der Waals surface area contributed by atoms with E-state index in [1.807, 2.05) is 0 Å². The van der Waals surface area contributed by atoms with E-state index in [2.05, 4.69) is 37.3 Å². The van der Waals surface area contributed by atoms with Gasteiger partial charge in [0, 0.05) is 25.8 Å². The summed E-state index contributed by atoms with van der Waals surface area (Å²) in [6.45, 7) is 8.88. The molecule has 1 radical (unpaired) electrons. The Bertz CT molecular complexity index is 351. The van der Waals surface area contributed by atoms with Crippen LogP contribution in [0.1, 0.15) is 31.4 Å². The standard InChI is InChI=1S/C11H19N4O/c1-11(2,3)8-13-4-6-15-7-5-14-10(15)9(12)16/h7,13H,4,6,8H2,1-3H3,(H2,12,16). The average molecular weight is 223 g/mol. The molecule has 0 spiro atoms. The number of nitrogens with one attached hydrogen (secondary N) is 1. The van der Waals surface area contributed by atoms with Crippen molar-refractivity contribution in [2.24, 2.45) is 11.1 Å². The number of carbonyl (C=O) groups is 1. The Kier molecular flexibility index (Phi) is 4.06. The lowest BCUT2D eigenvalue weighted by Gasteiger charge is -2.18. The van der Waals surface area contributed by atoms with Gasteiger partial charge in [0.15, 0.2) is 5.82 Å². The monoisotopic (exact) mass is 223 g/mol. The van der Waals surface area contributed by atoms with Gasteiger partial charge in [0.1, 0.15) is 6.20 Å². The summed E-state index contributed by atoms with van der Waals surface area (Å²) in [4.78, 5) is 14.8. The summed E-state index contributed by atoms with van der Waals surface area (Å²) in [7, 11) is 0.